The first-order valence-electron chi connectivity index (χ1n) is 13.6. The summed E-state index contributed by atoms with van der Waals surface area (Å²) < 4.78 is 0. The molecule has 28 heavy (non-hydrogen) atoms. The molecule has 0 N–H and O–H groups in total. The van der Waals surface area contributed by atoms with Gasteiger partial charge in [0.15, 0.2) is 0 Å². The van der Waals surface area contributed by atoms with Crippen LogP contribution in [0.5, 0.6) is 0 Å². The summed E-state index contributed by atoms with van der Waals surface area (Å²) >= 11 is 0. The summed E-state index contributed by atoms with van der Waals surface area (Å²) in [6.45, 7) is 9.97. The van der Waals surface area contributed by atoms with Gasteiger partial charge in [-0.15, -0.1) is 0 Å². The van der Waals surface area contributed by atoms with E-state index in [9.17, 15) is 0 Å². The molecule has 0 bridgehead atoms. The van der Waals surface area contributed by atoms with Crippen molar-refractivity contribution in [1.82, 2.24) is 0 Å². The lowest BCUT2D eigenvalue weighted by molar-refractivity contribution is 0.298. The van der Waals surface area contributed by atoms with Gasteiger partial charge in [0.1, 0.15) is 0 Å². The molecule has 0 aromatic rings. The molecule has 1 aliphatic carbocycles. The molecule has 0 heteroatoms. The van der Waals surface area contributed by atoms with Crippen molar-refractivity contribution < 1.29 is 0 Å². The molecule has 0 amide bonds. The average Bonchev–Trinajstić information content (AvgIpc) is 2.69. The predicted molar refractivity (Wildman–Crippen MR) is 129 cm³/mol. The molecule has 168 valence electrons. The number of rotatable bonds is 1. The van der Waals surface area contributed by atoms with Gasteiger partial charge in [0.25, 0.3) is 0 Å². The highest BCUT2D eigenvalue weighted by Gasteiger charge is 2.14. The SMILES string of the molecule is CCC1CCCCCCCCCCCCCCC(C)C(C)CCC(C)CCC1. The highest BCUT2D eigenvalue weighted by molar-refractivity contribution is 4.66. The van der Waals surface area contributed by atoms with E-state index in [4.69, 9.17) is 0 Å². The van der Waals surface area contributed by atoms with E-state index in [0.29, 0.717) is 0 Å². The van der Waals surface area contributed by atoms with Crippen molar-refractivity contribution >= 4 is 0 Å². The Bertz CT molecular complexity index is 316. The number of hydrogen-bond acceptors (Lipinski definition) is 0. The quantitative estimate of drug-likeness (QED) is 0.416. The van der Waals surface area contributed by atoms with Gasteiger partial charge in [0.05, 0.1) is 0 Å². The van der Waals surface area contributed by atoms with Gasteiger partial charge in [-0.3, -0.25) is 0 Å². The van der Waals surface area contributed by atoms with E-state index in [1.165, 1.54) is 128 Å². The molecule has 0 spiro atoms. The van der Waals surface area contributed by atoms with Gasteiger partial charge in [-0.25, -0.2) is 0 Å². The molecule has 1 fully saturated rings. The van der Waals surface area contributed by atoms with Crippen LogP contribution in [0.15, 0.2) is 0 Å². The van der Waals surface area contributed by atoms with Crippen LogP contribution in [0.1, 0.15) is 156 Å². The molecule has 1 saturated carbocycles. The summed E-state index contributed by atoms with van der Waals surface area (Å²) in [4.78, 5) is 0. The van der Waals surface area contributed by atoms with Gasteiger partial charge in [-0.05, 0) is 23.7 Å². The maximum absolute atomic E-state index is 2.52. The van der Waals surface area contributed by atoms with Crippen molar-refractivity contribution in [2.75, 3.05) is 0 Å². The third-order valence-corrected chi connectivity index (χ3v) is 7.99. The fraction of sp³-hybridized carbons (Fsp3) is 1.00. The zero-order chi connectivity index (χ0) is 20.5. The first-order chi connectivity index (χ1) is 13.6. The second-order valence-electron chi connectivity index (χ2n) is 10.7. The third-order valence-electron chi connectivity index (χ3n) is 7.99. The lowest BCUT2D eigenvalue weighted by Crippen LogP contribution is -2.10. The van der Waals surface area contributed by atoms with Crippen LogP contribution in [0.25, 0.3) is 0 Å². The van der Waals surface area contributed by atoms with Gasteiger partial charge < -0.3 is 0 Å². The van der Waals surface area contributed by atoms with E-state index in [0.717, 1.165) is 23.7 Å². The number of hydrogen-bond donors (Lipinski definition) is 0. The summed E-state index contributed by atoms with van der Waals surface area (Å²) in [5.74, 6) is 3.80. The van der Waals surface area contributed by atoms with E-state index >= 15 is 0 Å². The Balaban J connectivity index is 2.34. The van der Waals surface area contributed by atoms with Crippen molar-refractivity contribution in [1.29, 1.82) is 0 Å². The normalized spacial score (nSPS) is 32.6. The minimum Gasteiger partial charge on any atom is -0.0651 e. The van der Waals surface area contributed by atoms with Crippen LogP contribution in [-0.2, 0) is 0 Å². The molecular weight excluding hydrogens is 336 g/mol. The van der Waals surface area contributed by atoms with Crippen molar-refractivity contribution in [2.24, 2.45) is 23.7 Å². The van der Waals surface area contributed by atoms with Crippen LogP contribution >= 0.6 is 0 Å². The predicted octanol–water partition coefficient (Wildman–Crippen LogP) is 10.3. The van der Waals surface area contributed by atoms with Crippen LogP contribution in [0.4, 0.5) is 0 Å². The largest absolute Gasteiger partial charge is 0.0651 e. The van der Waals surface area contributed by atoms with E-state index in [-0.39, 0.29) is 0 Å². The summed E-state index contributed by atoms with van der Waals surface area (Å²) in [6, 6.07) is 0. The van der Waals surface area contributed by atoms with Gasteiger partial charge in [0.2, 0.25) is 0 Å². The van der Waals surface area contributed by atoms with E-state index in [1.54, 1.807) is 0 Å². The second kappa shape index (κ2) is 17.8. The maximum atomic E-state index is 2.52. The Kier molecular flexibility index (Phi) is 16.6. The lowest BCUT2D eigenvalue weighted by Gasteiger charge is -2.22. The Morgan fingerprint density at radius 3 is 1.39 bits per heavy atom. The molecule has 0 aliphatic heterocycles. The molecule has 0 aromatic carbocycles. The van der Waals surface area contributed by atoms with Crippen molar-refractivity contribution in [2.45, 2.75) is 156 Å². The summed E-state index contributed by atoms with van der Waals surface area (Å²) in [7, 11) is 0. The Hall–Kier alpha value is 0. The molecule has 0 saturated heterocycles. The second-order valence-corrected chi connectivity index (χ2v) is 10.7. The van der Waals surface area contributed by atoms with Crippen LogP contribution in [0.3, 0.4) is 0 Å². The molecule has 0 aromatic heterocycles. The topological polar surface area (TPSA) is 0 Å². The molecule has 0 radical (unpaired) electrons. The monoisotopic (exact) mass is 392 g/mol. The Morgan fingerprint density at radius 1 is 0.429 bits per heavy atom. The zero-order valence-corrected chi connectivity index (χ0v) is 20.5. The minimum absolute atomic E-state index is 0.924. The van der Waals surface area contributed by atoms with Crippen LogP contribution in [0.2, 0.25) is 0 Å². The molecule has 4 unspecified atom stereocenters. The zero-order valence-electron chi connectivity index (χ0n) is 20.5. The lowest BCUT2D eigenvalue weighted by atomic mass is 9.84. The van der Waals surface area contributed by atoms with Crippen LogP contribution < -0.4 is 0 Å². The fourth-order valence-electron chi connectivity index (χ4n) is 5.24. The molecule has 4 atom stereocenters. The molecular formula is C28H56. The molecule has 0 nitrogen and oxygen atoms in total. The summed E-state index contributed by atoms with van der Waals surface area (Å²) in [5.41, 5.74) is 0. The smallest absolute Gasteiger partial charge is 0.0417 e. The van der Waals surface area contributed by atoms with E-state index in [2.05, 4.69) is 27.7 Å². The molecule has 0 heterocycles. The van der Waals surface area contributed by atoms with Crippen molar-refractivity contribution in [3.63, 3.8) is 0 Å². The highest BCUT2D eigenvalue weighted by atomic mass is 14.2. The van der Waals surface area contributed by atoms with Gasteiger partial charge >= 0.3 is 0 Å². The average molecular weight is 393 g/mol. The highest BCUT2D eigenvalue weighted by Crippen LogP contribution is 2.27. The first kappa shape index (κ1) is 26.0. The maximum Gasteiger partial charge on any atom is -0.0417 e. The van der Waals surface area contributed by atoms with Gasteiger partial charge in [-0.2, -0.15) is 0 Å². The fourth-order valence-corrected chi connectivity index (χ4v) is 5.24. The van der Waals surface area contributed by atoms with Crippen LogP contribution in [-0.4, -0.2) is 0 Å². The van der Waals surface area contributed by atoms with Crippen molar-refractivity contribution in [3.8, 4) is 0 Å². The minimum atomic E-state index is 0.924. The van der Waals surface area contributed by atoms with Gasteiger partial charge in [-0.1, -0.05) is 156 Å². The summed E-state index contributed by atoms with van der Waals surface area (Å²) in [6.07, 6.45) is 29.6. The summed E-state index contributed by atoms with van der Waals surface area (Å²) in [5, 5.41) is 0. The first-order valence-corrected chi connectivity index (χ1v) is 13.6. The molecule has 1 aliphatic rings. The van der Waals surface area contributed by atoms with Crippen molar-refractivity contribution in [3.05, 3.63) is 0 Å². The third kappa shape index (κ3) is 14.1. The van der Waals surface area contributed by atoms with Gasteiger partial charge in [0, 0.05) is 0 Å². The molecule has 1 rings (SSSR count). The van der Waals surface area contributed by atoms with E-state index < -0.39 is 0 Å². The standard InChI is InChI=1S/C28H56/c1-5-28-21-17-15-13-11-9-7-6-8-10-12-14-16-20-26(3)27(4)24-23-25(2)19-18-22-28/h25-28H,5-24H2,1-4H3. The Labute approximate surface area is 180 Å². The van der Waals surface area contributed by atoms with E-state index in [1.807, 2.05) is 0 Å². The van der Waals surface area contributed by atoms with Crippen LogP contribution in [0, 0.1) is 23.7 Å². The Morgan fingerprint density at radius 2 is 0.857 bits per heavy atom.